The maximum atomic E-state index is 13.3. The maximum absolute atomic E-state index is 13.3. The molecule has 0 amide bonds. The van der Waals surface area contributed by atoms with Crippen molar-refractivity contribution in [2.24, 2.45) is 0 Å². The van der Waals surface area contributed by atoms with Gasteiger partial charge in [-0.1, -0.05) is 42.0 Å². The summed E-state index contributed by atoms with van der Waals surface area (Å²) in [6.07, 6.45) is 2.45. The quantitative estimate of drug-likeness (QED) is 0.363. The fourth-order valence-electron chi connectivity index (χ4n) is 2.49. The monoisotopic (exact) mass is 391 g/mol. The molecular formula is C20H26NO5P. The predicted octanol–water partition coefficient (Wildman–Crippen LogP) is 3.89. The molecule has 2 N–H and O–H groups in total. The highest BCUT2D eigenvalue weighted by molar-refractivity contribution is 7.57. The SMILES string of the molecule is CCOC(=O)CNP(=O)(CC/C=C(\C)CO)Oc1ccc2ccccc2c1. The Labute approximate surface area is 159 Å². The molecule has 0 aliphatic heterocycles. The molecule has 0 aromatic heterocycles. The first-order valence-electron chi connectivity index (χ1n) is 8.90. The number of aliphatic hydroxyl groups is 1. The Bertz CT molecular complexity index is 849. The van der Waals surface area contributed by atoms with Gasteiger partial charge in [-0.25, -0.2) is 5.09 Å². The van der Waals surface area contributed by atoms with E-state index in [4.69, 9.17) is 14.4 Å². The van der Waals surface area contributed by atoms with Crippen LogP contribution in [-0.2, 0) is 14.1 Å². The molecule has 2 aromatic carbocycles. The van der Waals surface area contributed by atoms with Crippen LogP contribution in [0.25, 0.3) is 10.8 Å². The second-order valence-electron chi connectivity index (χ2n) is 6.13. The Morgan fingerprint density at radius 2 is 1.96 bits per heavy atom. The first-order valence-corrected chi connectivity index (χ1v) is 10.7. The Morgan fingerprint density at radius 3 is 2.67 bits per heavy atom. The minimum Gasteiger partial charge on any atom is -0.465 e. The molecule has 2 rings (SSSR count). The summed E-state index contributed by atoms with van der Waals surface area (Å²) in [7, 11) is -3.34. The summed E-state index contributed by atoms with van der Waals surface area (Å²) >= 11 is 0. The summed E-state index contributed by atoms with van der Waals surface area (Å²) in [4.78, 5) is 11.6. The molecule has 0 heterocycles. The lowest BCUT2D eigenvalue weighted by Gasteiger charge is -2.20. The van der Waals surface area contributed by atoms with Crippen LogP contribution in [0.5, 0.6) is 5.75 Å². The van der Waals surface area contributed by atoms with Crippen molar-refractivity contribution in [3.05, 3.63) is 54.1 Å². The van der Waals surface area contributed by atoms with E-state index < -0.39 is 13.5 Å². The van der Waals surface area contributed by atoms with Crippen molar-refractivity contribution in [3.63, 3.8) is 0 Å². The summed E-state index contributed by atoms with van der Waals surface area (Å²) in [5.74, 6) is -0.0156. The van der Waals surface area contributed by atoms with Crippen molar-refractivity contribution in [2.75, 3.05) is 25.9 Å². The molecule has 0 fully saturated rings. The summed E-state index contributed by atoms with van der Waals surface area (Å²) < 4.78 is 23.9. The summed E-state index contributed by atoms with van der Waals surface area (Å²) in [6.45, 7) is 3.52. The Kier molecular flexibility index (Phi) is 8.04. The Balaban J connectivity index is 2.15. The highest BCUT2D eigenvalue weighted by atomic mass is 31.2. The van der Waals surface area contributed by atoms with Crippen LogP contribution in [0.15, 0.2) is 54.1 Å². The lowest BCUT2D eigenvalue weighted by Crippen LogP contribution is -2.25. The number of hydrogen-bond donors (Lipinski definition) is 2. The van der Waals surface area contributed by atoms with E-state index in [0.717, 1.165) is 16.3 Å². The van der Waals surface area contributed by atoms with Crippen molar-refractivity contribution >= 4 is 24.3 Å². The number of fused-ring (bicyclic) bond motifs is 1. The zero-order valence-electron chi connectivity index (χ0n) is 15.7. The third kappa shape index (κ3) is 6.83. The zero-order chi connectivity index (χ0) is 19.7. The van der Waals surface area contributed by atoms with Crippen LogP contribution in [0.3, 0.4) is 0 Å². The van der Waals surface area contributed by atoms with Crippen molar-refractivity contribution in [1.29, 1.82) is 0 Å². The number of benzene rings is 2. The summed E-state index contributed by atoms with van der Waals surface area (Å²) in [6, 6.07) is 13.3. The highest BCUT2D eigenvalue weighted by Crippen LogP contribution is 2.44. The average Bonchev–Trinajstić information content (AvgIpc) is 2.66. The molecule has 1 unspecified atom stereocenters. The largest absolute Gasteiger partial charge is 0.465 e. The van der Waals surface area contributed by atoms with E-state index in [-0.39, 0.29) is 25.9 Å². The van der Waals surface area contributed by atoms with Gasteiger partial charge in [-0.05, 0) is 43.2 Å². The first kappa shape index (κ1) is 21.2. The van der Waals surface area contributed by atoms with Gasteiger partial charge in [0.15, 0.2) is 0 Å². The van der Waals surface area contributed by atoms with Crippen molar-refractivity contribution < 1.29 is 23.7 Å². The number of hydrogen-bond acceptors (Lipinski definition) is 5. The number of esters is 1. The van der Waals surface area contributed by atoms with Crippen LogP contribution in [0.2, 0.25) is 0 Å². The van der Waals surface area contributed by atoms with Crippen molar-refractivity contribution in [1.82, 2.24) is 5.09 Å². The molecule has 27 heavy (non-hydrogen) atoms. The molecule has 2 aromatic rings. The maximum Gasteiger partial charge on any atom is 0.320 e. The molecule has 7 heteroatoms. The van der Waals surface area contributed by atoms with Gasteiger partial charge >= 0.3 is 13.5 Å². The van der Waals surface area contributed by atoms with Gasteiger partial charge in [-0.15, -0.1) is 0 Å². The highest BCUT2D eigenvalue weighted by Gasteiger charge is 2.25. The van der Waals surface area contributed by atoms with Crippen molar-refractivity contribution in [3.8, 4) is 5.75 Å². The molecule has 0 spiro atoms. The number of allylic oxidation sites excluding steroid dienone is 1. The minimum atomic E-state index is -3.34. The van der Waals surface area contributed by atoms with E-state index in [1.807, 2.05) is 42.5 Å². The van der Waals surface area contributed by atoms with Crippen LogP contribution in [0, 0.1) is 0 Å². The molecule has 0 saturated carbocycles. The minimum absolute atomic E-state index is 0.0495. The predicted molar refractivity (Wildman–Crippen MR) is 107 cm³/mol. The molecular weight excluding hydrogens is 365 g/mol. The molecule has 0 aliphatic rings. The van der Waals surface area contributed by atoms with Gasteiger partial charge in [0.25, 0.3) is 0 Å². The molecule has 0 aliphatic carbocycles. The summed E-state index contributed by atoms with van der Waals surface area (Å²) in [5, 5.41) is 13.9. The second-order valence-corrected chi connectivity index (χ2v) is 8.43. The number of carbonyl (C=O) groups excluding carboxylic acids is 1. The normalized spacial score (nSPS) is 14.0. The second kappa shape index (κ2) is 10.3. The van der Waals surface area contributed by atoms with Gasteiger partial charge in [-0.2, -0.15) is 0 Å². The Hall–Kier alpha value is -2.14. The smallest absolute Gasteiger partial charge is 0.320 e. The van der Waals surface area contributed by atoms with E-state index in [0.29, 0.717) is 12.2 Å². The number of aliphatic hydroxyl groups excluding tert-OH is 1. The standard InChI is InChI=1S/C20H26NO5P/c1-3-25-20(23)14-21-27(24,12-6-7-16(2)15-22)26-19-11-10-17-8-4-5-9-18(17)13-19/h4-5,7-11,13,22H,3,6,12,14-15H2,1-2H3,(H,21,24)/b16-7+. The van der Waals surface area contributed by atoms with Gasteiger partial charge in [0.2, 0.25) is 0 Å². The van der Waals surface area contributed by atoms with E-state index in [1.54, 1.807) is 19.9 Å². The number of carbonyl (C=O) groups is 1. The third-order valence-corrected chi connectivity index (χ3v) is 5.90. The van der Waals surface area contributed by atoms with Crippen molar-refractivity contribution in [2.45, 2.75) is 20.3 Å². The molecule has 6 nitrogen and oxygen atoms in total. The first-order chi connectivity index (χ1) is 13.0. The molecule has 0 radical (unpaired) electrons. The number of nitrogens with one attached hydrogen (secondary N) is 1. The van der Waals surface area contributed by atoms with Crippen LogP contribution >= 0.6 is 7.52 Å². The lowest BCUT2D eigenvalue weighted by molar-refractivity contribution is -0.141. The van der Waals surface area contributed by atoms with E-state index >= 15 is 0 Å². The number of ether oxygens (including phenoxy) is 1. The van der Waals surface area contributed by atoms with E-state index in [9.17, 15) is 9.36 Å². The van der Waals surface area contributed by atoms with Gasteiger partial charge in [0.1, 0.15) is 12.3 Å². The Morgan fingerprint density at radius 1 is 1.22 bits per heavy atom. The van der Waals surface area contributed by atoms with Crippen LogP contribution in [0.1, 0.15) is 20.3 Å². The van der Waals surface area contributed by atoms with Crippen LogP contribution in [-0.4, -0.2) is 37.0 Å². The van der Waals surface area contributed by atoms with E-state index in [2.05, 4.69) is 5.09 Å². The molecule has 146 valence electrons. The van der Waals surface area contributed by atoms with Gasteiger partial charge in [0.05, 0.1) is 19.4 Å². The summed E-state index contributed by atoms with van der Waals surface area (Å²) in [5.41, 5.74) is 0.789. The fourth-order valence-corrected chi connectivity index (χ4v) is 4.10. The molecule has 0 bridgehead atoms. The topological polar surface area (TPSA) is 84.9 Å². The zero-order valence-corrected chi connectivity index (χ0v) is 16.6. The molecule has 1 atom stereocenters. The average molecular weight is 391 g/mol. The third-order valence-electron chi connectivity index (χ3n) is 3.91. The van der Waals surface area contributed by atoms with Gasteiger partial charge < -0.3 is 14.4 Å². The lowest BCUT2D eigenvalue weighted by atomic mass is 10.1. The van der Waals surface area contributed by atoms with Crippen LogP contribution in [0.4, 0.5) is 0 Å². The van der Waals surface area contributed by atoms with E-state index in [1.165, 1.54) is 0 Å². The fraction of sp³-hybridized carbons (Fsp3) is 0.350. The van der Waals surface area contributed by atoms with Crippen LogP contribution < -0.4 is 9.61 Å². The van der Waals surface area contributed by atoms with Gasteiger partial charge in [0, 0.05) is 0 Å². The molecule has 0 saturated heterocycles. The number of rotatable bonds is 10. The van der Waals surface area contributed by atoms with Gasteiger partial charge in [-0.3, -0.25) is 9.36 Å².